The van der Waals surface area contributed by atoms with E-state index in [2.05, 4.69) is 18.0 Å². The average Bonchev–Trinajstić information content (AvgIpc) is 2.95. The molecule has 2 aromatic rings. The molecule has 0 saturated heterocycles. The van der Waals surface area contributed by atoms with E-state index in [4.69, 9.17) is 14.7 Å². The van der Waals surface area contributed by atoms with Gasteiger partial charge in [0, 0.05) is 29.8 Å². The lowest BCUT2D eigenvalue weighted by atomic mass is 10.1. The van der Waals surface area contributed by atoms with Crippen molar-refractivity contribution in [1.29, 1.82) is 5.26 Å². The molecular formula is C17H18N2O3. The number of carbonyl (C=O) groups is 1. The minimum Gasteiger partial charge on any atom is -0.459 e. The molecule has 1 aromatic carbocycles. The number of ether oxygens (including phenoxy) is 2. The summed E-state index contributed by atoms with van der Waals surface area (Å²) in [7, 11) is 1.52. The highest BCUT2D eigenvalue weighted by atomic mass is 16.6. The highest BCUT2D eigenvalue weighted by Crippen LogP contribution is 2.24. The number of carbonyl (C=O) groups excluding carboxylic acids is 1. The van der Waals surface area contributed by atoms with E-state index in [9.17, 15) is 4.79 Å². The fraction of sp³-hybridized carbons (Fsp3) is 0.294. The van der Waals surface area contributed by atoms with Crippen molar-refractivity contribution in [2.45, 2.75) is 13.3 Å². The number of nitrogens with zero attached hydrogens (tertiary/aromatic N) is 1. The molecule has 5 nitrogen and oxygen atoms in total. The van der Waals surface area contributed by atoms with Crippen LogP contribution in [-0.4, -0.2) is 31.3 Å². The molecule has 0 fully saturated rings. The molecule has 1 aromatic heterocycles. The normalized spacial score (nSPS) is 11.4. The lowest BCUT2D eigenvalue weighted by Gasteiger charge is -2.02. The van der Waals surface area contributed by atoms with Gasteiger partial charge in [0.2, 0.25) is 0 Å². The van der Waals surface area contributed by atoms with Gasteiger partial charge in [0.25, 0.3) is 0 Å². The number of aryl methyl sites for hydroxylation is 1. The van der Waals surface area contributed by atoms with Crippen LogP contribution in [0.4, 0.5) is 0 Å². The summed E-state index contributed by atoms with van der Waals surface area (Å²) in [5.74, 6) is -0.638. The summed E-state index contributed by atoms with van der Waals surface area (Å²) in [6.45, 7) is 2.51. The van der Waals surface area contributed by atoms with Crippen LogP contribution in [0.3, 0.4) is 0 Å². The summed E-state index contributed by atoms with van der Waals surface area (Å²) >= 11 is 0. The van der Waals surface area contributed by atoms with Gasteiger partial charge in [-0.25, -0.2) is 4.79 Å². The molecule has 0 amide bonds. The number of nitrogens with one attached hydrogen (secondary N) is 1. The number of benzene rings is 1. The van der Waals surface area contributed by atoms with E-state index in [0.29, 0.717) is 6.61 Å². The Bertz CT molecular complexity index is 738. The summed E-state index contributed by atoms with van der Waals surface area (Å²) in [6.07, 6.45) is 4.25. The lowest BCUT2D eigenvalue weighted by molar-refractivity contribution is -0.139. The van der Waals surface area contributed by atoms with Gasteiger partial charge in [-0.05, 0) is 18.1 Å². The number of fused-ring (bicyclic) bond motifs is 1. The minimum absolute atomic E-state index is 0.0288. The zero-order valence-corrected chi connectivity index (χ0v) is 12.7. The zero-order chi connectivity index (χ0) is 15.9. The molecule has 0 radical (unpaired) electrons. The number of hydrogen-bond acceptors (Lipinski definition) is 4. The van der Waals surface area contributed by atoms with Crippen molar-refractivity contribution < 1.29 is 14.3 Å². The van der Waals surface area contributed by atoms with E-state index in [1.807, 2.05) is 18.2 Å². The standard InChI is InChI=1S/C17H18N2O3/c1-3-12-5-4-6-15-14(11-19-16(12)15)9-13(10-18)17(20)22-8-7-21-2/h4-6,9,11,19H,3,7-8H2,1-2H3/b13-9-. The molecule has 1 N–H and O–H groups in total. The van der Waals surface area contributed by atoms with Crippen LogP contribution in [0.25, 0.3) is 17.0 Å². The fourth-order valence-corrected chi connectivity index (χ4v) is 2.24. The van der Waals surface area contributed by atoms with Gasteiger partial charge in [0.1, 0.15) is 18.2 Å². The first-order valence-electron chi connectivity index (χ1n) is 7.08. The number of methoxy groups -OCH3 is 1. The maximum Gasteiger partial charge on any atom is 0.348 e. The lowest BCUT2D eigenvalue weighted by Crippen LogP contribution is -2.11. The van der Waals surface area contributed by atoms with Gasteiger partial charge in [-0.1, -0.05) is 25.1 Å². The summed E-state index contributed by atoms with van der Waals surface area (Å²) in [5.41, 5.74) is 2.99. The largest absolute Gasteiger partial charge is 0.459 e. The van der Waals surface area contributed by atoms with Crippen molar-refractivity contribution in [3.63, 3.8) is 0 Å². The third-order valence-corrected chi connectivity index (χ3v) is 3.38. The maximum absolute atomic E-state index is 11.9. The Kier molecular flexibility index (Phi) is 5.34. The first-order valence-corrected chi connectivity index (χ1v) is 7.08. The minimum atomic E-state index is -0.638. The third-order valence-electron chi connectivity index (χ3n) is 3.38. The van der Waals surface area contributed by atoms with Crippen molar-refractivity contribution >= 4 is 22.9 Å². The van der Waals surface area contributed by atoms with Gasteiger partial charge < -0.3 is 14.5 Å². The molecule has 0 aliphatic carbocycles. The highest BCUT2D eigenvalue weighted by molar-refractivity contribution is 6.01. The SMILES string of the molecule is CCc1cccc2c(/C=C(/C#N)C(=O)OCCOC)c[nH]c12. The van der Waals surface area contributed by atoms with Crippen molar-refractivity contribution in [2.24, 2.45) is 0 Å². The Morgan fingerprint density at radius 3 is 2.91 bits per heavy atom. The van der Waals surface area contributed by atoms with Crippen LogP contribution in [0.1, 0.15) is 18.1 Å². The van der Waals surface area contributed by atoms with Gasteiger partial charge in [0.05, 0.1) is 6.61 Å². The van der Waals surface area contributed by atoms with Crippen molar-refractivity contribution in [3.8, 4) is 6.07 Å². The molecule has 0 saturated carbocycles. The summed E-state index contributed by atoms with van der Waals surface area (Å²) in [4.78, 5) is 15.1. The van der Waals surface area contributed by atoms with E-state index in [0.717, 1.165) is 22.9 Å². The second-order valence-corrected chi connectivity index (χ2v) is 4.74. The number of esters is 1. The molecule has 2 rings (SSSR count). The first kappa shape index (κ1) is 15.8. The van der Waals surface area contributed by atoms with Crippen molar-refractivity contribution in [3.05, 3.63) is 41.1 Å². The molecule has 22 heavy (non-hydrogen) atoms. The van der Waals surface area contributed by atoms with Gasteiger partial charge in [-0.3, -0.25) is 0 Å². The number of aromatic amines is 1. The fourth-order valence-electron chi connectivity index (χ4n) is 2.24. The number of hydrogen-bond donors (Lipinski definition) is 1. The molecule has 1 heterocycles. The third kappa shape index (κ3) is 3.35. The average molecular weight is 298 g/mol. The van der Waals surface area contributed by atoms with Crippen molar-refractivity contribution in [2.75, 3.05) is 20.3 Å². The Morgan fingerprint density at radius 1 is 1.41 bits per heavy atom. The van der Waals surface area contributed by atoms with Crippen LogP contribution in [-0.2, 0) is 20.7 Å². The predicted molar refractivity (Wildman–Crippen MR) is 84.1 cm³/mol. The van der Waals surface area contributed by atoms with Crippen LogP contribution in [0.5, 0.6) is 0 Å². The maximum atomic E-state index is 11.9. The molecule has 5 heteroatoms. The summed E-state index contributed by atoms with van der Waals surface area (Å²) in [6, 6.07) is 7.87. The summed E-state index contributed by atoms with van der Waals surface area (Å²) < 4.78 is 9.79. The van der Waals surface area contributed by atoms with Gasteiger partial charge in [0.15, 0.2) is 0 Å². The quantitative estimate of drug-likeness (QED) is 0.385. The number of para-hydroxylation sites is 1. The van der Waals surface area contributed by atoms with E-state index in [1.165, 1.54) is 12.7 Å². The smallest absolute Gasteiger partial charge is 0.348 e. The number of rotatable bonds is 6. The van der Waals surface area contributed by atoms with E-state index >= 15 is 0 Å². The Hall–Kier alpha value is -2.58. The van der Waals surface area contributed by atoms with Gasteiger partial charge >= 0.3 is 5.97 Å². The van der Waals surface area contributed by atoms with E-state index in [-0.39, 0.29) is 12.2 Å². The van der Waals surface area contributed by atoms with Crippen LogP contribution in [0.2, 0.25) is 0 Å². The molecule has 0 aliphatic heterocycles. The number of H-pyrrole nitrogens is 1. The van der Waals surface area contributed by atoms with Gasteiger partial charge in [-0.15, -0.1) is 0 Å². The monoisotopic (exact) mass is 298 g/mol. The topological polar surface area (TPSA) is 75.1 Å². The summed E-state index contributed by atoms with van der Waals surface area (Å²) in [5, 5.41) is 10.1. The van der Waals surface area contributed by atoms with Crippen molar-refractivity contribution in [1.82, 2.24) is 4.98 Å². The zero-order valence-electron chi connectivity index (χ0n) is 12.7. The molecule has 0 aliphatic rings. The highest BCUT2D eigenvalue weighted by Gasteiger charge is 2.12. The van der Waals surface area contributed by atoms with E-state index < -0.39 is 5.97 Å². The van der Waals surface area contributed by atoms with Crippen LogP contribution < -0.4 is 0 Å². The second-order valence-electron chi connectivity index (χ2n) is 4.74. The molecule has 0 unspecified atom stereocenters. The molecule has 0 bridgehead atoms. The number of nitriles is 1. The molecule has 114 valence electrons. The van der Waals surface area contributed by atoms with Crippen LogP contribution in [0, 0.1) is 11.3 Å². The van der Waals surface area contributed by atoms with Crippen LogP contribution >= 0.6 is 0 Å². The Balaban J connectivity index is 2.31. The van der Waals surface area contributed by atoms with E-state index in [1.54, 1.807) is 12.3 Å². The first-order chi connectivity index (χ1) is 10.7. The number of aromatic nitrogens is 1. The predicted octanol–water partition coefficient (Wildman–Crippen LogP) is 2.83. The Labute approximate surface area is 129 Å². The second kappa shape index (κ2) is 7.43. The molecular weight excluding hydrogens is 280 g/mol. The molecule has 0 atom stereocenters. The van der Waals surface area contributed by atoms with Crippen LogP contribution in [0.15, 0.2) is 30.0 Å². The molecule has 0 spiro atoms. The van der Waals surface area contributed by atoms with Gasteiger partial charge in [-0.2, -0.15) is 5.26 Å². The Morgan fingerprint density at radius 2 is 2.23 bits per heavy atom.